The van der Waals surface area contributed by atoms with Gasteiger partial charge in [-0.3, -0.25) is 4.79 Å². The van der Waals surface area contributed by atoms with Crippen molar-refractivity contribution in [2.24, 2.45) is 0 Å². The Morgan fingerprint density at radius 3 is 3.11 bits per heavy atom. The first-order chi connectivity index (χ1) is 8.70. The van der Waals surface area contributed by atoms with Gasteiger partial charge in [-0.1, -0.05) is 12.1 Å². The molecule has 0 fully saturated rings. The number of nitrogens with one attached hydrogen (secondary N) is 2. The number of methoxy groups -OCH3 is 1. The van der Waals surface area contributed by atoms with Crippen LogP contribution in [0.25, 0.3) is 0 Å². The van der Waals surface area contributed by atoms with Crippen molar-refractivity contribution in [1.29, 1.82) is 0 Å². The maximum absolute atomic E-state index is 11.4. The van der Waals surface area contributed by atoms with Gasteiger partial charge in [0.25, 0.3) is 5.56 Å². The minimum Gasteiger partial charge on any atom is -0.380 e. The number of H-pyrrole nitrogens is 1. The van der Waals surface area contributed by atoms with Crippen LogP contribution in [0, 0.1) is 0 Å². The lowest BCUT2D eigenvalue weighted by atomic mass is 10.2. The molecule has 2 N–H and O–H groups in total. The highest BCUT2D eigenvalue weighted by molar-refractivity contribution is 9.10. The Kier molecular flexibility index (Phi) is 4.11. The summed E-state index contributed by atoms with van der Waals surface area (Å²) < 4.78 is 5.45. The molecular formula is C12H12BrN3O2. The van der Waals surface area contributed by atoms with Crippen molar-refractivity contribution in [3.8, 4) is 0 Å². The van der Waals surface area contributed by atoms with E-state index in [2.05, 4.69) is 31.2 Å². The van der Waals surface area contributed by atoms with Crippen LogP contribution in [0.4, 0.5) is 11.5 Å². The first kappa shape index (κ1) is 12.8. The normalized spacial score (nSPS) is 10.3. The lowest BCUT2D eigenvalue weighted by Crippen LogP contribution is -2.10. The van der Waals surface area contributed by atoms with Gasteiger partial charge >= 0.3 is 0 Å². The minimum atomic E-state index is -0.222. The smallest absolute Gasteiger partial charge is 0.267 e. The molecule has 2 rings (SSSR count). The quantitative estimate of drug-likeness (QED) is 0.910. The summed E-state index contributed by atoms with van der Waals surface area (Å²) in [7, 11) is 1.65. The van der Waals surface area contributed by atoms with Crippen molar-refractivity contribution in [2.75, 3.05) is 12.4 Å². The van der Waals surface area contributed by atoms with E-state index in [0.717, 1.165) is 11.3 Å². The maximum atomic E-state index is 11.4. The molecule has 0 unspecified atom stereocenters. The van der Waals surface area contributed by atoms with E-state index >= 15 is 0 Å². The molecule has 0 spiro atoms. The fourth-order valence-corrected chi connectivity index (χ4v) is 1.83. The Labute approximate surface area is 112 Å². The zero-order valence-corrected chi connectivity index (χ0v) is 11.3. The predicted molar refractivity (Wildman–Crippen MR) is 73.0 cm³/mol. The second-order valence-corrected chi connectivity index (χ2v) is 4.45. The second kappa shape index (κ2) is 5.79. The molecule has 18 heavy (non-hydrogen) atoms. The van der Waals surface area contributed by atoms with Gasteiger partial charge in [0, 0.05) is 12.8 Å². The zero-order chi connectivity index (χ0) is 13.0. The van der Waals surface area contributed by atoms with Crippen molar-refractivity contribution in [2.45, 2.75) is 6.61 Å². The molecule has 2 aromatic rings. The molecule has 0 saturated heterocycles. The average Bonchev–Trinajstić information content (AvgIpc) is 2.36. The summed E-state index contributed by atoms with van der Waals surface area (Å²) in [6.45, 7) is 0.541. The highest BCUT2D eigenvalue weighted by atomic mass is 79.9. The summed E-state index contributed by atoms with van der Waals surface area (Å²) in [4.78, 5) is 17.9. The van der Waals surface area contributed by atoms with Crippen molar-refractivity contribution < 1.29 is 4.74 Å². The van der Waals surface area contributed by atoms with Crippen LogP contribution in [0.5, 0.6) is 0 Å². The second-order valence-electron chi connectivity index (χ2n) is 3.65. The van der Waals surface area contributed by atoms with Gasteiger partial charge in [-0.25, -0.2) is 4.98 Å². The van der Waals surface area contributed by atoms with Gasteiger partial charge < -0.3 is 15.0 Å². The van der Waals surface area contributed by atoms with Gasteiger partial charge in [-0.2, -0.15) is 0 Å². The third-order valence-corrected chi connectivity index (χ3v) is 3.03. The third-order valence-electron chi connectivity index (χ3n) is 2.30. The molecule has 0 radical (unpaired) electrons. The van der Waals surface area contributed by atoms with Crippen LogP contribution >= 0.6 is 15.9 Å². The van der Waals surface area contributed by atoms with Gasteiger partial charge in [0.1, 0.15) is 4.47 Å². The molecular weight excluding hydrogens is 298 g/mol. The first-order valence-corrected chi connectivity index (χ1v) is 6.08. The summed E-state index contributed by atoms with van der Waals surface area (Å²) in [6, 6.07) is 7.72. The van der Waals surface area contributed by atoms with Gasteiger partial charge in [0.05, 0.1) is 12.9 Å². The van der Waals surface area contributed by atoms with Crippen LogP contribution in [-0.2, 0) is 11.3 Å². The largest absolute Gasteiger partial charge is 0.380 e. The number of halogens is 1. The minimum absolute atomic E-state index is 0.222. The molecule has 0 aliphatic carbocycles. The summed E-state index contributed by atoms with van der Waals surface area (Å²) in [5.41, 5.74) is 1.67. The highest BCUT2D eigenvalue weighted by Crippen LogP contribution is 2.20. The van der Waals surface area contributed by atoms with Crippen LogP contribution in [0.15, 0.2) is 39.9 Å². The van der Waals surface area contributed by atoms with E-state index in [0.29, 0.717) is 16.9 Å². The highest BCUT2D eigenvalue weighted by Gasteiger charge is 2.05. The summed E-state index contributed by atoms with van der Waals surface area (Å²) in [6.07, 6.45) is 1.36. The monoisotopic (exact) mass is 309 g/mol. The van der Waals surface area contributed by atoms with E-state index in [1.165, 1.54) is 6.33 Å². The molecule has 5 nitrogen and oxygen atoms in total. The van der Waals surface area contributed by atoms with Gasteiger partial charge in [-0.15, -0.1) is 0 Å². The molecule has 0 atom stereocenters. The SMILES string of the molecule is COCc1cccc(Nc2nc[nH]c(=O)c2Br)c1. The van der Waals surface area contributed by atoms with Gasteiger partial charge in [0.2, 0.25) is 0 Å². The van der Waals surface area contributed by atoms with Crippen molar-refractivity contribution in [3.05, 3.63) is 51.0 Å². The van der Waals surface area contributed by atoms with E-state index in [4.69, 9.17) is 4.74 Å². The third kappa shape index (κ3) is 2.96. The number of benzene rings is 1. The standard InChI is InChI=1S/C12H12BrN3O2/c1-18-6-8-3-2-4-9(5-8)16-11-10(13)12(17)15-7-14-11/h2-5,7H,6H2,1H3,(H2,14,15,16,17). The Hall–Kier alpha value is -1.66. The number of aromatic nitrogens is 2. The first-order valence-electron chi connectivity index (χ1n) is 5.29. The van der Waals surface area contributed by atoms with E-state index in [1.54, 1.807) is 7.11 Å². The Morgan fingerprint density at radius 2 is 2.33 bits per heavy atom. The molecule has 0 aliphatic rings. The molecule has 0 bridgehead atoms. The van der Waals surface area contributed by atoms with Gasteiger partial charge in [-0.05, 0) is 33.6 Å². The number of anilines is 2. The van der Waals surface area contributed by atoms with E-state index < -0.39 is 0 Å². The van der Waals surface area contributed by atoms with Crippen molar-refractivity contribution in [1.82, 2.24) is 9.97 Å². The van der Waals surface area contributed by atoms with E-state index in [9.17, 15) is 4.79 Å². The molecule has 94 valence electrons. The summed E-state index contributed by atoms with van der Waals surface area (Å²) >= 11 is 3.19. The zero-order valence-electron chi connectivity index (χ0n) is 9.74. The number of nitrogens with zero attached hydrogens (tertiary/aromatic N) is 1. The fourth-order valence-electron chi connectivity index (χ4n) is 1.51. The lowest BCUT2D eigenvalue weighted by Gasteiger charge is -2.08. The van der Waals surface area contributed by atoms with Gasteiger partial charge in [0.15, 0.2) is 5.82 Å². The summed E-state index contributed by atoms with van der Waals surface area (Å²) in [5.74, 6) is 0.480. The fraction of sp³-hybridized carbons (Fsp3) is 0.167. The number of hydrogen-bond donors (Lipinski definition) is 2. The Morgan fingerprint density at radius 1 is 1.50 bits per heavy atom. The number of hydrogen-bond acceptors (Lipinski definition) is 4. The predicted octanol–water partition coefficient (Wildman–Crippen LogP) is 2.42. The molecule has 0 aliphatic heterocycles. The Balaban J connectivity index is 2.25. The lowest BCUT2D eigenvalue weighted by molar-refractivity contribution is 0.185. The molecule has 0 saturated carbocycles. The number of ether oxygens (including phenoxy) is 1. The van der Waals surface area contributed by atoms with Crippen LogP contribution < -0.4 is 10.9 Å². The molecule has 0 amide bonds. The number of rotatable bonds is 4. The summed E-state index contributed by atoms with van der Waals surface area (Å²) in [5, 5.41) is 3.08. The Bertz CT molecular complexity index is 598. The molecule has 6 heteroatoms. The topological polar surface area (TPSA) is 67.0 Å². The van der Waals surface area contributed by atoms with Crippen molar-refractivity contribution >= 4 is 27.4 Å². The van der Waals surface area contributed by atoms with Crippen molar-refractivity contribution in [3.63, 3.8) is 0 Å². The van der Waals surface area contributed by atoms with Crippen LogP contribution in [0.3, 0.4) is 0 Å². The molecule has 1 heterocycles. The van der Waals surface area contributed by atoms with Crippen LogP contribution in [-0.4, -0.2) is 17.1 Å². The molecule has 1 aromatic carbocycles. The maximum Gasteiger partial charge on any atom is 0.267 e. The molecule has 1 aromatic heterocycles. The van der Waals surface area contributed by atoms with Crippen LogP contribution in [0.2, 0.25) is 0 Å². The number of aromatic amines is 1. The average molecular weight is 310 g/mol. The van der Waals surface area contributed by atoms with E-state index in [-0.39, 0.29) is 5.56 Å². The van der Waals surface area contributed by atoms with E-state index in [1.807, 2.05) is 24.3 Å². The van der Waals surface area contributed by atoms with Crippen LogP contribution in [0.1, 0.15) is 5.56 Å².